The van der Waals surface area contributed by atoms with Gasteiger partial charge in [0.25, 0.3) is 0 Å². The first kappa shape index (κ1) is 24.2. The summed E-state index contributed by atoms with van der Waals surface area (Å²) >= 11 is 0. The third-order valence-electron chi connectivity index (χ3n) is 7.99. The zero-order chi connectivity index (χ0) is 25.2. The highest BCUT2D eigenvalue weighted by Crippen LogP contribution is 2.46. The standard InChI is InChI=1S/C30H37N5O2/c1-34-20-33-29(31)28-27(23-8-5-9-26(16-23)37-19-21-6-3-2-4-7-21)18-35(30(28)34)25-14-22(15-25)17-32-24-10-12-36-13-11-24/h2-9,16,18,20,22,24-25,29,32H,10-15,17,19,31H2,1H3. The van der Waals surface area contributed by atoms with Crippen LogP contribution in [0.25, 0.3) is 11.1 Å². The Morgan fingerprint density at radius 2 is 1.89 bits per heavy atom. The van der Waals surface area contributed by atoms with Crippen LogP contribution < -0.4 is 20.7 Å². The summed E-state index contributed by atoms with van der Waals surface area (Å²) in [5.41, 5.74) is 11.1. The number of nitrogens with one attached hydrogen (secondary N) is 1. The second-order valence-corrected chi connectivity index (χ2v) is 10.6. The Labute approximate surface area is 219 Å². The summed E-state index contributed by atoms with van der Waals surface area (Å²) in [5, 5.41) is 3.78. The number of ether oxygens (including phenoxy) is 2. The van der Waals surface area contributed by atoms with Gasteiger partial charge in [0, 0.05) is 49.7 Å². The molecule has 2 fully saturated rings. The second-order valence-electron chi connectivity index (χ2n) is 10.6. The number of rotatable bonds is 8. The predicted octanol–water partition coefficient (Wildman–Crippen LogP) is 4.89. The van der Waals surface area contributed by atoms with Gasteiger partial charge in [-0.05, 0) is 61.4 Å². The van der Waals surface area contributed by atoms with Crippen LogP contribution in [0.5, 0.6) is 5.75 Å². The summed E-state index contributed by atoms with van der Waals surface area (Å²) in [6, 6.07) is 19.7. The molecule has 6 rings (SSSR count). The Kier molecular flexibility index (Phi) is 7.00. The number of aromatic nitrogens is 1. The third-order valence-corrected chi connectivity index (χ3v) is 7.99. The predicted molar refractivity (Wildman–Crippen MR) is 148 cm³/mol. The molecule has 1 unspecified atom stereocenters. The lowest BCUT2D eigenvalue weighted by Crippen LogP contribution is -2.41. The summed E-state index contributed by atoms with van der Waals surface area (Å²) in [7, 11) is 2.07. The fourth-order valence-corrected chi connectivity index (χ4v) is 5.83. The van der Waals surface area contributed by atoms with Crippen LogP contribution in [0.15, 0.2) is 65.8 Å². The third kappa shape index (κ3) is 5.17. The lowest BCUT2D eigenvalue weighted by Gasteiger charge is -2.40. The first-order valence-corrected chi connectivity index (χ1v) is 13.5. The normalized spacial score (nSPS) is 23.5. The Morgan fingerprint density at radius 1 is 1.08 bits per heavy atom. The quantitative estimate of drug-likeness (QED) is 0.462. The van der Waals surface area contributed by atoms with Crippen LogP contribution >= 0.6 is 0 Å². The zero-order valence-electron chi connectivity index (χ0n) is 21.6. The SMILES string of the molecule is CN1C=NC(N)c2c(-c3cccc(OCc4ccccc4)c3)cn(C3CC(CNC4CCOCC4)C3)c21. The van der Waals surface area contributed by atoms with Gasteiger partial charge >= 0.3 is 0 Å². The van der Waals surface area contributed by atoms with Gasteiger partial charge in [0.2, 0.25) is 0 Å². The summed E-state index contributed by atoms with van der Waals surface area (Å²) in [5.74, 6) is 2.72. The van der Waals surface area contributed by atoms with E-state index in [2.05, 4.69) is 63.4 Å². The lowest BCUT2D eigenvalue weighted by atomic mass is 9.79. The van der Waals surface area contributed by atoms with Gasteiger partial charge in [-0.2, -0.15) is 0 Å². The van der Waals surface area contributed by atoms with Crippen molar-refractivity contribution in [2.45, 2.75) is 50.5 Å². The van der Waals surface area contributed by atoms with E-state index in [9.17, 15) is 0 Å². The van der Waals surface area contributed by atoms with Crippen LogP contribution in [0.2, 0.25) is 0 Å². The fraction of sp³-hybridized carbons (Fsp3) is 0.433. The molecule has 0 radical (unpaired) electrons. The molecule has 2 aromatic carbocycles. The number of nitrogens with two attached hydrogens (primary N) is 1. The summed E-state index contributed by atoms with van der Waals surface area (Å²) < 4.78 is 14.1. The summed E-state index contributed by atoms with van der Waals surface area (Å²) in [6.07, 6.45) is 8.38. The van der Waals surface area contributed by atoms with E-state index in [0.29, 0.717) is 24.6 Å². The van der Waals surface area contributed by atoms with E-state index in [0.717, 1.165) is 66.4 Å². The fourth-order valence-electron chi connectivity index (χ4n) is 5.83. The van der Waals surface area contributed by atoms with Crippen LogP contribution in [0.4, 0.5) is 5.82 Å². The van der Waals surface area contributed by atoms with Gasteiger partial charge < -0.3 is 30.0 Å². The number of nitrogens with zero attached hydrogens (tertiary/aromatic N) is 3. The maximum Gasteiger partial charge on any atom is 0.129 e. The minimum absolute atomic E-state index is 0.373. The van der Waals surface area contributed by atoms with E-state index in [1.54, 1.807) is 0 Å². The molecule has 3 aromatic rings. The molecular formula is C30H37N5O2. The highest BCUT2D eigenvalue weighted by molar-refractivity contribution is 5.87. The Balaban J connectivity index is 1.20. The van der Waals surface area contributed by atoms with Crippen LogP contribution in [-0.2, 0) is 11.3 Å². The minimum Gasteiger partial charge on any atom is -0.489 e. The number of hydrogen-bond donors (Lipinski definition) is 2. The van der Waals surface area contributed by atoms with E-state index in [1.165, 1.54) is 12.8 Å². The number of benzene rings is 2. The Morgan fingerprint density at radius 3 is 2.70 bits per heavy atom. The molecule has 1 aromatic heterocycles. The maximum atomic E-state index is 6.56. The minimum atomic E-state index is -0.373. The van der Waals surface area contributed by atoms with E-state index < -0.39 is 0 Å². The van der Waals surface area contributed by atoms with Gasteiger partial charge in [-0.25, -0.2) is 0 Å². The molecule has 7 heteroatoms. The highest BCUT2D eigenvalue weighted by atomic mass is 16.5. The van der Waals surface area contributed by atoms with Crippen molar-refractivity contribution in [3.05, 3.63) is 71.9 Å². The molecule has 3 heterocycles. The van der Waals surface area contributed by atoms with Gasteiger partial charge in [0.05, 0.1) is 6.34 Å². The molecule has 0 amide bonds. The van der Waals surface area contributed by atoms with Crippen molar-refractivity contribution < 1.29 is 9.47 Å². The molecule has 37 heavy (non-hydrogen) atoms. The molecule has 1 aliphatic carbocycles. The van der Waals surface area contributed by atoms with E-state index in [4.69, 9.17) is 15.2 Å². The number of hydrogen-bond acceptors (Lipinski definition) is 6. The van der Waals surface area contributed by atoms with Crippen LogP contribution in [-0.4, -0.2) is 43.8 Å². The van der Waals surface area contributed by atoms with Gasteiger partial charge in [-0.1, -0.05) is 42.5 Å². The van der Waals surface area contributed by atoms with Gasteiger partial charge in [-0.3, -0.25) is 4.99 Å². The molecule has 2 aliphatic heterocycles. The number of fused-ring (bicyclic) bond motifs is 1. The molecule has 3 aliphatic rings. The molecule has 1 saturated carbocycles. The zero-order valence-corrected chi connectivity index (χ0v) is 21.6. The van der Waals surface area contributed by atoms with Crippen LogP contribution in [0.3, 0.4) is 0 Å². The van der Waals surface area contributed by atoms with E-state index in [1.807, 2.05) is 30.6 Å². The van der Waals surface area contributed by atoms with Crippen molar-refractivity contribution in [1.29, 1.82) is 0 Å². The smallest absolute Gasteiger partial charge is 0.129 e. The van der Waals surface area contributed by atoms with Crippen molar-refractivity contribution in [2.24, 2.45) is 16.6 Å². The molecule has 3 N–H and O–H groups in total. The van der Waals surface area contributed by atoms with Crippen molar-refractivity contribution >= 4 is 12.2 Å². The molecule has 1 atom stereocenters. The molecule has 1 saturated heterocycles. The van der Waals surface area contributed by atoms with E-state index >= 15 is 0 Å². The van der Waals surface area contributed by atoms with Crippen LogP contribution in [0, 0.1) is 5.92 Å². The first-order valence-electron chi connectivity index (χ1n) is 13.5. The highest BCUT2D eigenvalue weighted by Gasteiger charge is 2.36. The maximum absolute atomic E-state index is 6.56. The first-order chi connectivity index (χ1) is 18.2. The summed E-state index contributed by atoms with van der Waals surface area (Å²) in [4.78, 5) is 6.68. The average Bonchev–Trinajstić information content (AvgIpc) is 3.32. The number of anilines is 1. The Hall–Kier alpha value is -3.13. The largest absolute Gasteiger partial charge is 0.489 e. The number of aliphatic imine (C=N–C) groups is 1. The monoisotopic (exact) mass is 499 g/mol. The van der Waals surface area contributed by atoms with Crippen molar-refractivity contribution in [1.82, 2.24) is 9.88 Å². The lowest BCUT2D eigenvalue weighted by molar-refractivity contribution is 0.0737. The molecule has 0 bridgehead atoms. The van der Waals surface area contributed by atoms with Crippen LogP contribution in [0.1, 0.15) is 49.0 Å². The molecule has 194 valence electrons. The molecule has 0 spiro atoms. The molecule has 7 nitrogen and oxygen atoms in total. The van der Waals surface area contributed by atoms with Crippen molar-refractivity contribution in [2.75, 3.05) is 31.7 Å². The van der Waals surface area contributed by atoms with Crippen molar-refractivity contribution in [3.63, 3.8) is 0 Å². The van der Waals surface area contributed by atoms with Crippen molar-refractivity contribution in [3.8, 4) is 16.9 Å². The van der Waals surface area contributed by atoms with Gasteiger partial charge in [0.15, 0.2) is 0 Å². The topological polar surface area (TPSA) is 77.0 Å². The second kappa shape index (κ2) is 10.7. The van der Waals surface area contributed by atoms with Gasteiger partial charge in [0.1, 0.15) is 24.3 Å². The van der Waals surface area contributed by atoms with Gasteiger partial charge in [-0.15, -0.1) is 0 Å². The molecular weight excluding hydrogens is 462 g/mol. The summed E-state index contributed by atoms with van der Waals surface area (Å²) in [6.45, 7) is 3.40. The average molecular weight is 500 g/mol. The van der Waals surface area contributed by atoms with E-state index in [-0.39, 0.29) is 6.17 Å². The Bertz CT molecular complexity index is 1230.